The van der Waals surface area contributed by atoms with Gasteiger partial charge in [0.05, 0.1) is 6.61 Å². The van der Waals surface area contributed by atoms with E-state index in [0.29, 0.717) is 11.4 Å². The van der Waals surface area contributed by atoms with Crippen molar-refractivity contribution in [1.29, 1.82) is 0 Å². The van der Waals surface area contributed by atoms with Crippen LogP contribution in [0.2, 0.25) is 0 Å². The Balaban J connectivity index is 1.96. The van der Waals surface area contributed by atoms with Crippen LogP contribution >= 0.6 is 0 Å². The maximum absolute atomic E-state index is 13.6. The fourth-order valence-electron chi connectivity index (χ4n) is 2.47. The van der Waals surface area contributed by atoms with Crippen LogP contribution in [0.1, 0.15) is 25.7 Å². The number of nitrogens with one attached hydrogen (secondary N) is 2. The maximum Gasteiger partial charge on any atom is 0.418 e. The van der Waals surface area contributed by atoms with Crippen LogP contribution in [0.3, 0.4) is 0 Å². The molecule has 5 N–H and O–H groups in total. The summed E-state index contributed by atoms with van der Waals surface area (Å²) in [6.07, 6.45) is -0.0680. The van der Waals surface area contributed by atoms with Crippen LogP contribution in [0.5, 0.6) is 0 Å². The van der Waals surface area contributed by atoms with E-state index in [9.17, 15) is 26.8 Å². The van der Waals surface area contributed by atoms with Gasteiger partial charge in [0.25, 0.3) is 11.8 Å². The molecule has 2 fully saturated rings. The highest BCUT2D eigenvalue weighted by molar-refractivity contribution is 7.80. The average Bonchev–Trinajstić information content (AvgIpc) is 3.31. The molecule has 0 aromatic carbocycles. The van der Waals surface area contributed by atoms with E-state index in [1.807, 2.05) is 5.48 Å². The quantitative estimate of drug-likeness (QED) is 0.322. The Bertz CT molecular complexity index is 656. The maximum atomic E-state index is 13.6. The summed E-state index contributed by atoms with van der Waals surface area (Å²) in [6, 6.07) is -2.91. The van der Waals surface area contributed by atoms with Gasteiger partial charge in [-0.25, -0.2) is 19.1 Å². The Kier molecular flexibility index (Phi) is 6.02. The zero-order valence-electron chi connectivity index (χ0n) is 13.6. The summed E-state index contributed by atoms with van der Waals surface area (Å²) in [4.78, 5) is 29.7. The van der Waals surface area contributed by atoms with Crippen molar-refractivity contribution in [3.05, 3.63) is 0 Å². The number of rotatable bonds is 7. The van der Waals surface area contributed by atoms with E-state index in [1.54, 1.807) is 0 Å². The Hall–Kier alpha value is -1.61. The first-order valence-corrected chi connectivity index (χ1v) is 9.06. The van der Waals surface area contributed by atoms with E-state index in [0.717, 1.165) is 12.8 Å². The van der Waals surface area contributed by atoms with Gasteiger partial charge in [0, 0.05) is 31.3 Å². The van der Waals surface area contributed by atoms with Crippen LogP contribution in [0.15, 0.2) is 0 Å². The molecule has 0 spiro atoms. The normalized spacial score (nSPS) is 24.0. The number of carbonyl (C=O) groups is 2. The van der Waals surface area contributed by atoms with Crippen molar-refractivity contribution in [2.75, 3.05) is 19.7 Å². The van der Waals surface area contributed by atoms with Crippen molar-refractivity contribution in [3.8, 4) is 0 Å². The van der Waals surface area contributed by atoms with Gasteiger partial charge in [0.1, 0.15) is 6.04 Å². The first-order valence-electron chi connectivity index (χ1n) is 7.69. The van der Waals surface area contributed by atoms with Gasteiger partial charge < -0.3 is 10.6 Å². The third kappa shape index (κ3) is 5.70. The first-order chi connectivity index (χ1) is 12.0. The second-order valence-electron chi connectivity index (χ2n) is 6.40. The molecule has 14 heteroatoms. The number of nitrogens with zero attached hydrogens (tertiary/aromatic N) is 1. The second kappa shape index (κ2) is 7.56. The molecule has 11 nitrogen and oxygen atoms in total. The smallest absolute Gasteiger partial charge is 0.330 e. The van der Waals surface area contributed by atoms with E-state index >= 15 is 0 Å². The molecule has 2 rings (SSSR count). The monoisotopic (exact) mass is 402 g/mol. The lowest BCUT2D eigenvalue weighted by Gasteiger charge is -2.37. The van der Waals surface area contributed by atoms with E-state index in [4.69, 9.17) is 15.1 Å². The number of hydrogen-bond acceptors (Lipinski definition) is 7. The van der Waals surface area contributed by atoms with Crippen molar-refractivity contribution in [2.24, 2.45) is 11.1 Å². The number of hydroxylamine groups is 2. The number of hydrogen-bond donors (Lipinski definition) is 4. The summed E-state index contributed by atoms with van der Waals surface area (Å²) in [6.45, 7) is -0.0826. The van der Waals surface area contributed by atoms with Gasteiger partial charge in [0.2, 0.25) is 0 Å². The van der Waals surface area contributed by atoms with Crippen molar-refractivity contribution in [1.82, 2.24) is 15.9 Å². The molecule has 3 amide bonds. The molecule has 0 aromatic rings. The minimum Gasteiger partial charge on any atom is -0.330 e. The van der Waals surface area contributed by atoms with Crippen LogP contribution in [0.25, 0.3) is 0 Å². The third-order valence-electron chi connectivity index (χ3n) is 4.33. The zero-order valence-corrected chi connectivity index (χ0v) is 14.4. The number of amides is 3. The van der Waals surface area contributed by atoms with Gasteiger partial charge in [-0.05, 0) is 12.8 Å². The highest BCUT2D eigenvalue weighted by Crippen LogP contribution is 2.44. The summed E-state index contributed by atoms with van der Waals surface area (Å²) < 4.78 is 60.4. The van der Waals surface area contributed by atoms with E-state index in [-0.39, 0.29) is 12.0 Å². The standard InChI is InChI=1S/C12H20F2N4O7S/c13-12(14)3-4-18(10(20)17-25-26(21,22)23)8(5-12)9(19)16-24-7-11(6-15)1-2-11/h8H,1-7,15H2,(H,16,19)(H,17,20)(H,21,22,23)/t8-/m0/s1. The number of alkyl halides is 2. The predicted molar refractivity (Wildman–Crippen MR) is 80.7 cm³/mol. The summed E-state index contributed by atoms with van der Waals surface area (Å²) in [5.74, 6) is -4.20. The largest absolute Gasteiger partial charge is 0.418 e. The molecule has 1 aliphatic heterocycles. The van der Waals surface area contributed by atoms with E-state index < -0.39 is 53.7 Å². The zero-order chi connectivity index (χ0) is 19.6. The van der Waals surface area contributed by atoms with Gasteiger partial charge in [-0.1, -0.05) is 0 Å². The van der Waals surface area contributed by atoms with Crippen molar-refractivity contribution >= 4 is 22.3 Å². The minimum absolute atomic E-state index is 0.108. The molecule has 0 unspecified atom stereocenters. The van der Waals surface area contributed by atoms with Crippen molar-refractivity contribution in [2.45, 2.75) is 37.6 Å². The number of carbonyl (C=O) groups excluding carboxylic acids is 2. The molecule has 0 aromatic heterocycles. The topological polar surface area (TPSA) is 160 Å². The SMILES string of the molecule is NCC1(CONC(=O)[C@@H]2CC(F)(F)CCN2C(=O)NOS(=O)(=O)O)CC1. The molecule has 1 aliphatic carbocycles. The highest BCUT2D eigenvalue weighted by atomic mass is 32.3. The molecule has 1 heterocycles. The molecular formula is C12H20F2N4O7S. The van der Waals surface area contributed by atoms with Gasteiger partial charge in [-0.3, -0.25) is 14.2 Å². The summed E-state index contributed by atoms with van der Waals surface area (Å²) >= 11 is 0. The molecule has 0 bridgehead atoms. The van der Waals surface area contributed by atoms with Crippen LogP contribution in [0.4, 0.5) is 13.6 Å². The van der Waals surface area contributed by atoms with E-state index in [2.05, 4.69) is 4.28 Å². The summed E-state index contributed by atoms with van der Waals surface area (Å²) in [5.41, 5.74) is 8.72. The second-order valence-corrected chi connectivity index (χ2v) is 7.42. The Morgan fingerprint density at radius 2 is 1.92 bits per heavy atom. The fourth-order valence-corrected chi connectivity index (χ4v) is 2.65. The Labute approximate surface area is 148 Å². The number of halogens is 2. The molecule has 1 saturated heterocycles. The van der Waals surface area contributed by atoms with Crippen LogP contribution in [0, 0.1) is 5.41 Å². The van der Waals surface area contributed by atoms with Gasteiger partial charge in [0.15, 0.2) is 0 Å². The van der Waals surface area contributed by atoms with Gasteiger partial charge in [-0.2, -0.15) is 13.9 Å². The molecule has 2 aliphatic rings. The van der Waals surface area contributed by atoms with Crippen LogP contribution < -0.4 is 16.7 Å². The highest BCUT2D eigenvalue weighted by Gasteiger charge is 2.46. The lowest BCUT2D eigenvalue weighted by atomic mass is 9.98. The number of likely N-dealkylation sites (tertiary alicyclic amines) is 1. The van der Waals surface area contributed by atoms with Crippen LogP contribution in [-0.4, -0.2) is 61.5 Å². The van der Waals surface area contributed by atoms with Gasteiger partial charge in [-0.15, -0.1) is 4.28 Å². The summed E-state index contributed by atoms with van der Waals surface area (Å²) in [5, 5.41) is 0. The molecular weight excluding hydrogens is 382 g/mol. The number of urea groups is 1. The Morgan fingerprint density at radius 1 is 1.27 bits per heavy atom. The summed E-state index contributed by atoms with van der Waals surface area (Å²) in [7, 11) is -4.99. The number of piperidine rings is 1. The number of nitrogens with two attached hydrogens (primary N) is 1. The molecule has 1 atom stereocenters. The average molecular weight is 402 g/mol. The molecule has 1 saturated carbocycles. The minimum atomic E-state index is -4.99. The lowest BCUT2D eigenvalue weighted by Crippen LogP contribution is -2.58. The van der Waals surface area contributed by atoms with E-state index in [1.165, 1.54) is 5.48 Å². The van der Waals surface area contributed by atoms with Crippen LogP contribution in [-0.2, 0) is 24.3 Å². The molecule has 150 valence electrons. The lowest BCUT2D eigenvalue weighted by molar-refractivity contribution is -0.148. The molecule has 0 radical (unpaired) electrons. The van der Waals surface area contributed by atoms with Crippen molar-refractivity contribution in [3.63, 3.8) is 0 Å². The van der Waals surface area contributed by atoms with Gasteiger partial charge >= 0.3 is 16.4 Å². The fraction of sp³-hybridized carbons (Fsp3) is 0.833. The first kappa shape index (κ1) is 20.7. The third-order valence-corrected chi connectivity index (χ3v) is 4.62. The van der Waals surface area contributed by atoms with Crippen molar-refractivity contribution < 1.29 is 40.5 Å². The Morgan fingerprint density at radius 3 is 2.46 bits per heavy atom. The molecule has 26 heavy (non-hydrogen) atoms. The predicted octanol–water partition coefficient (Wildman–Crippen LogP) is -0.683.